The molecule has 0 bridgehead atoms. The summed E-state index contributed by atoms with van der Waals surface area (Å²) < 4.78 is 13.0. The Morgan fingerprint density at radius 3 is 2.20 bits per heavy atom. The van der Waals surface area contributed by atoms with Gasteiger partial charge in [0, 0.05) is 23.5 Å². The molecule has 0 aliphatic carbocycles. The van der Waals surface area contributed by atoms with Gasteiger partial charge in [-0.05, 0) is 48.7 Å². The number of aromatic nitrogens is 1. The molecule has 178 valence electrons. The van der Waals surface area contributed by atoms with Gasteiger partial charge in [-0.2, -0.15) is 0 Å². The number of benzene rings is 3. The number of esters is 1. The van der Waals surface area contributed by atoms with Gasteiger partial charge in [0.05, 0.1) is 19.1 Å². The van der Waals surface area contributed by atoms with Crippen molar-refractivity contribution in [1.29, 1.82) is 0 Å². The lowest BCUT2D eigenvalue weighted by atomic mass is 9.97. The molecule has 1 heterocycles. The van der Waals surface area contributed by atoms with E-state index in [-0.39, 0.29) is 12.4 Å². The van der Waals surface area contributed by atoms with Crippen LogP contribution >= 0.6 is 0 Å². The van der Waals surface area contributed by atoms with Gasteiger partial charge in [-0.15, -0.1) is 0 Å². The highest BCUT2D eigenvalue weighted by Gasteiger charge is 2.25. The molecule has 1 aromatic heterocycles. The second-order valence-electron chi connectivity index (χ2n) is 8.24. The number of rotatable bonds is 9. The van der Waals surface area contributed by atoms with Crippen molar-refractivity contribution in [3.8, 4) is 22.6 Å². The number of primary amides is 1. The second-order valence-corrected chi connectivity index (χ2v) is 8.24. The van der Waals surface area contributed by atoms with E-state index in [0.717, 1.165) is 22.5 Å². The molecule has 2 N–H and O–H groups in total. The molecule has 0 saturated carbocycles. The van der Waals surface area contributed by atoms with E-state index in [1.807, 2.05) is 91.9 Å². The molecular formula is C29H28N2O4. The zero-order valence-corrected chi connectivity index (χ0v) is 19.9. The zero-order chi connectivity index (χ0) is 24.8. The lowest BCUT2D eigenvalue weighted by Gasteiger charge is -2.14. The summed E-state index contributed by atoms with van der Waals surface area (Å²) in [5, 5.41) is 0. The molecule has 3 aromatic carbocycles. The van der Waals surface area contributed by atoms with Gasteiger partial charge < -0.3 is 19.8 Å². The van der Waals surface area contributed by atoms with Crippen molar-refractivity contribution in [2.45, 2.75) is 26.3 Å². The van der Waals surface area contributed by atoms with Gasteiger partial charge in [-0.3, -0.25) is 9.59 Å². The van der Waals surface area contributed by atoms with Gasteiger partial charge in [-0.1, -0.05) is 60.7 Å². The number of methoxy groups -OCH3 is 1. The molecule has 6 heteroatoms. The first kappa shape index (κ1) is 23.8. The van der Waals surface area contributed by atoms with E-state index in [4.69, 9.17) is 15.2 Å². The molecule has 0 fully saturated rings. The summed E-state index contributed by atoms with van der Waals surface area (Å²) in [5.74, 6) is 0.515. The fraction of sp³-hybridized carbons (Fsp3) is 0.172. The molecule has 0 unspecified atom stereocenters. The standard InChI is InChI=1S/C29H28N2O4/c1-20-27(29(30)33)28(22-12-9-15-24(18-22)35-23-13-7-4-8-14-23)25(16-17-26(32)34-2)31(20)19-21-10-5-3-6-11-21/h3-15,18H,16-17,19H2,1-2H3,(H2,30,33). The van der Waals surface area contributed by atoms with E-state index >= 15 is 0 Å². The van der Waals surface area contributed by atoms with E-state index in [2.05, 4.69) is 4.57 Å². The van der Waals surface area contributed by atoms with Crippen molar-refractivity contribution in [2.75, 3.05) is 7.11 Å². The van der Waals surface area contributed by atoms with Crippen LogP contribution in [0.5, 0.6) is 11.5 Å². The third-order valence-corrected chi connectivity index (χ3v) is 5.96. The number of ether oxygens (including phenoxy) is 2. The summed E-state index contributed by atoms with van der Waals surface area (Å²) >= 11 is 0. The predicted octanol–water partition coefficient (Wildman–Crippen LogP) is 5.51. The largest absolute Gasteiger partial charge is 0.469 e. The van der Waals surface area contributed by atoms with Crippen LogP contribution < -0.4 is 10.5 Å². The summed E-state index contributed by atoms with van der Waals surface area (Å²) in [6, 6.07) is 27.0. The van der Waals surface area contributed by atoms with Crippen LogP contribution in [0.25, 0.3) is 11.1 Å². The number of nitrogens with two attached hydrogens (primary N) is 1. The van der Waals surface area contributed by atoms with E-state index in [1.165, 1.54) is 7.11 Å². The van der Waals surface area contributed by atoms with Crippen molar-refractivity contribution in [2.24, 2.45) is 5.73 Å². The van der Waals surface area contributed by atoms with E-state index in [9.17, 15) is 9.59 Å². The zero-order valence-electron chi connectivity index (χ0n) is 19.9. The molecule has 6 nitrogen and oxygen atoms in total. The summed E-state index contributed by atoms with van der Waals surface area (Å²) in [4.78, 5) is 24.7. The van der Waals surface area contributed by atoms with Crippen LogP contribution in [0.15, 0.2) is 84.9 Å². The topological polar surface area (TPSA) is 83.6 Å². The van der Waals surface area contributed by atoms with Gasteiger partial charge in [0.1, 0.15) is 11.5 Å². The summed E-state index contributed by atoms with van der Waals surface area (Å²) in [6.45, 7) is 2.43. The smallest absolute Gasteiger partial charge is 0.305 e. The molecule has 0 aliphatic heterocycles. The van der Waals surface area contributed by atoms with Gasteiger partial charge in [0.25, 0.3) is 5.91 Å². The maximum absolute atomic E-state index is 12.7. The minimum Gasteiger partial charge on any atom is -0.469 e. The van der Waals surface area contributed by atoms with Crippen molar-refractivity contribution in [3.63, 3.8) is 0 Å². The van der Waals surface area contributed by atoms with Crippen LogP contribution in [0.2, 0.25) is 0 Å². The van der Waals surface area contributed by atoms with Gasteiger partial charge >= 0.3 is 5.97 Å². The average molecular weight is 469 g/mol. The summed E-state index contributed by atoms with van der Waals surface area (Å²) in [6.07, 6.45) is 0.576. The SMILES string of the molecule is COC(=O)CCc1c(-c2cccc(Oc3ccccc3)c2)c(C(N)=O)c(C)n1Cc1ccccc1. The molecule has 0 spiro atoms. The Morgan fingerprint density at radius 2 is 1.54 bits per heavy atom. The molecule has 4 rings (SSSR count). The Kier molecular flexibility index (Phi) is 7.31. The lowest BCUT2D eigenvalue weighted by molar-refractivity contribution is -0.140. The molecule has 0 saturated heterocycles. The molecule has 0 atom stereocenters. The van der Waals surface area contributed by atoms with E-state index in [1.54, 1.807) is 0 Å². The number of carbonyl (C=O) groups excluding carboxylic acids is 2. The predicted molar refractivity (Wildman–Crippen MR) is 136 cm³/mol. The van der Waals surface area contributed by atoms with Crippen molar-refractivity contribution >= 4 is 11.9 Å². The number of carbonyl (C=O) groups is 2. The highest BCUT2D eigenvalue weighted by molar-refractivity contribution is 6.02. The molecule has 4 aromatic rings. The first-order valence-corrected chi connectivity index (χ1v) is 11.4. The molecule has 35 heavy (non-hydrogen) atoms. The van der Waals surface area contributed by atoms with Crippen molar-refractivity contribution < 1.29 is 19.1 Å². The first-order chi connectivity index (χ1) is 17.0. The Balaban J connectivity index is 1.84. The van der Waals surface area contributed by atoms with Crippen LogP contribution in [0.3, 0.4) is 0 Å². The Labute approximate surface area is 204 Å². The maximum Gasteiger partial charge on any atom is 0.305 e. The Bertz CT molecular complexity index is 1330. The van der Waals surface area contributed by atoms with Crippen LogP contribution in [0, 0.1) is 6.92 Å². The van der Waals surface area contributed by atoms with E-state index < -0.39 is 5.91 Å². The second kappa shape index (κ2) is 10.7. The third-order valence-electron chi connectivity index (χ3n) is 5.96. The Morgan fingerprint density at radius 1 is 0.886 bits per heavy atom. The number of para-hydroxylation sites is 1. The van der Waals surface area contributed by atoms with Gasteiger partial charge in [-0.25, -0.2) is 0 Å². The minimum atomic E-state index is -0.516. The lowest BCUT2D eigenvalue weighted by Crippen LogP contribution is -2.13. The van der Waals surface area contributed by atoms with Crippen LogP contribution in [-0.2, 0) is 22.5 Å². The maximum atomic E-state index is 12.7. The number of hydrogen-bond acceptors (Lipinski definition) is 4. The molecular weight excluding hydrogens is 440 g/mol. The number of hydrogen-bond donors (Lipinski definition) is 1. The first-order valence-electron chi connectivity index (χ1n) is 11.4. The fourth-order valence-corrected chi connectivity index (χ4v) is 4.31. The fourth-order valence-electron chi connectivity index (χ4n) is 4.31. The van der Waals surface area contributed by atoms with Crippen LogP contribution in [-0.4, -0.2) is 23.6 Å². The van der Waals surface area contributed by atoms with Crippen LogP contribution in [0.4, 0.5) is 0 Å². The molecule has 0 aliphatic rings. The van der Waals surface area contributed by atoms with Crippen molar-refractivity contribution in [3.05, 3.63) is 107 Å². The summed E-state index contributed by atoms with van der Waals surface area (Å²) in [7, 11) is 1.37. The monoisotopic (exact) mass is 468 g/mol. The highest BCUT2D eigenvalue weighted by atomic mass is 16.5. The number of amides is 1. The van der Waals surface area contributed by atoms with Gasteiger partial charge in [0.2, 0.25) is 0 Å². The Hall–Kier alpha value is -4.32. The highest BCUT2D eigenvalue weighted by Crippen LogP contribution is 2.36. The molecule has 1 amide bonds. The van der Waals surface area contributed by atoms with Crippen molar-refractivity contribution in [1.82, 2.24) is 4.57 Å². The minimum absolute atomic E-state index is 0.181. The summed E-state index contributed by atoms with van der Waals surface area (Å²) in [5.41, 5.74) is 10.5. The average Bonchev–Trinajstić information content (AvgIpc) is 3.15. The quantitative estimate of drug-likeness (QED) is 0.328. The number of nitrogens with zero attached hydrogens (tertiary/aromatic N) is 1. The van der Waals surface area contributed by atoms with Gasteiger partial charge in [0.15, 0.2) is 0 Å². The van der Waals surface area contributed by atoms with E-state index in [0.29, 0.717) is 35.6 Å². The third kappa shape index (κ3) is 5.44. The van der Waals surface area contributed by atoms with Crippen LogP contribution in [0.1, 0.15) is 33.7 Å². The molecule has 0 radical (unpaired) electrons. The normalized spacial score (nSPS) is 10.7.